The largest absolute Gasteiger partial charge is 0.452 e. The molecule has 0 spiro atoms. The maximum Gasteiger partial charge on any atom is 0.316 e. The summed E-state index contributed by atoms with van der Waals surface area (Å²) in [5.41, 5.74) is 1.18. The molecule has 0 atom stereocenters. The van der Waals surface area contributed by atoms with Gasteiger partial charge in [0.25, 0.3) is 0 Å². The first kappa shape index (κ1) is 19.5. The van der Waals surface area contributed by atoms with E-state index in [0.29, 0.717) is 38.2 Å². The SMILES string of the molecule is Cc1cc(OC(=O)C(C)(C)C)cc2c1C(=O)/C(=C/c1ccc(Cl)c(Cl)c1)O2. The van der Waals surface area contributed by atoms with E-state index in [1.807, 2.05) is 0 Å². The monoisotopic (exact) mass is 404 g/mol. The van der Waals surface area contributed by atoms with E-state index in [1.54, 1.807) is 64.1 Å². The van der Waals surface area contributed by atoms with Crippen LogP contribution in [0, 0.1) is 12.3 Å². The summed E-state index contributed by atoms with van der Waals surface area (Å²) in [5.74, 6) is 0.281. The highest BCUT2D eigenvalue weighted by Gasteiger charge is 2.31. The lowest BCUT2D eigenvalue weighted by Gasteiger charge is -2.16. The summed E-state index contributed by atoms with van der Waals surface area (Å²) < 4.78 is 11.1. The van der Waals surface area contributed by atoms with Crippen molar-refractivity contribution in [2.45, 2.75) is 27.7 Å². The minimum atomic E-state index is -0.636. The summed E-state index contributed by atoms with van der Waals surface area (Å²) in [5, 5.41) is 0.823. The minimum absolute atomic E-state index is 0.172. The number of rotatable bonds is 2. The molecular formula is C21H18Cl2O4. The molecule has 2 aromatic rings. The molecule has 27 heavy (non-hydrogen) atoms. The van der Waals surface area contributed by atoms with E-state index in [4.69, 9.17) is 32.7 Å². The third kappa shape index (κ3) is 4.02. The summed E-state index contributed by atoms with van der Waals surface area (Å²) in [6, 6.07) is 8.26. The first-order valence-electron chi connectivity index (χ1n) is 8.32. The molecule has 0 radical (unpaired) electrons. The van der Waals surface area contributed by atoms with E-state index in [9.17, 15) is 9.59 Å². The second kappa shape index (κ2) is 7.02. The maximum absolute atomic E-state index is 12.7. The molecule has 2 aromatic carbocycles. The van der Waals surface area contributed by atoms with Crippen molar-refractivity contribution < 1.29 is 19.1 Å². The number of allylic oxidation sites excluding steroid dienone is 1. The zero-order valence-electron chi connectivity index (χ0n) is 15.4. The van der Waals surface area contributed by atoms with Crippen molar-refractivity contribution in [3.63, 3.8) is 0 Å². The maximum atomic E-state index is 12.7. The highest BCUT2D eigenvalue weighted by molar-refractivity contribution is 6.42. The van der Waals surface area contributed by atoms with E-state index in [2.05, 4.69) is 0 Å². The van der Waals surface area contributed by atoms with Crippen molar-refractivity contribution in [2.24, 2.45) is 5.41 Å². The number of esters is 1. The lowest BCUT2D eigenvalue weighted by Crippen LogP contribution is -2.25. The van der Waals surface area contributed by atoms with Crippen LogP contribution in [0.3, 0.4) is 0 Å². The van der Waals surface area contributed by atoms with Gasteiger partial charge in [0.1, 0.15) is 11.5 Å². The van der Waals surface area contributed by atoms with Crippen LogP contribution < -0.4 is 9.47 Å². The van der Waals surface area contributed by atoms with Crippen molar-refractivity contribution in [2.75, 3.05) is 0 Å². The molecule has 0 fully saturated rings. The van der Waals surface area contributed by atoms with E-state index < -0.39 is 5.41 Å². The Labute approximate surface area is 167 Å². The van der Waals surface area contributed by atoms with Crippen LogP contribution in [0.15, 0.2) is 36.1 Å². The Bertz CT molecular complexity index is 984. The second-order valence-electron chi connectivity index (χ2n) is 7.37. The molecule has 0 aliphatic carbocycles. The molecule has 1 aliphatic heterocycles. The molecule has 0 amide bonds. The van der Waals surface area contributed by atoms with Gasteiger partial charge in [-0.25, -0.2) is 0 Å². The molecule has 1 heterocycles. The summed E-state index contributed by atoms with van der Waals surface area (Å²) >= 11 is 11.9. The summed E-state index contributed by atoms with van der Waals surface area (Å²) in [7, 11) is 0. The molecule has 140 valence electrons. The van der Waals surface area contributed by atoms with Gasteiger partial charge in [-0.3, -0.25) is 9.59 Å². The number of carbonyl (C=O) groups excluding carboxylic acids is 2. The Hall–Kier alpha value is -2.30. The Kier molecular flexibility index (Phi) is 5.06. The highest BCUT2D eigenvalue weighted by Crippen LogP contribution is 2.38. The average Bonchev–Trinajstić information content (AvgIpc) is 2.86. The molecule has 6 heteroatoms. The zero-order valence-corrected chi connectivity index (χ0v) is 16.9. The number of benzene rings is 2. The quantitative estimate of drug-likeness (QED) is 0.356. The smallest absolute Gasteiger partial charge is 0.316 e. The van der Waals surface area contributed by atoms with Gasteiger partial charge in [-0.1, -0.05) is 29.3 Å². The lowest BCUT2D eigenvalue weighted by molar-refractivity contribution is -0.143. The number of fused-ring (bicyclic) bond motifs is 1. The van der Waals surface area contributed by atoms with Crippen LogP contribution in [0.25, 0.3) is 6.08 Å². The predicted molar refractivity (Wildman–Crippen MR) is 106 cm³/mol. The van der Waals surface area contributed by atoms with Gasteiger partial charge in [-0.05, 0) is 63.1 Å². The highest BCUT2D eigenvalue weighted by atomic mass is 35.5. The van der Waals surface area contributed by atoms with Crippen LogP contribution >= 0.6 is 23.2 Å². The topological polar surface area (TPSA) is 52.6 Å². The van der Waals surface area contributed by atoms with Gasteiger partial charge in [-0.15, -0.1) is 0 Å². The number of Topliss-reactive ketones (excluding diaryl/α,β-unsaturated/α-hetero) is 1. The Balaban J connectivity index is 1.92. The van der Waals surface area contributed by atoms with Crippen LogP contribution in [0.5, 0.6) is 11.5 Å². The van der Waals surface area contributed by atoms with Crippen molar-refractivity contribution in [1.29, 1.82) is 0 Å². The van der Waals surface area contributed by atoms with Gasteiger partial charge >= 0.3 is 5.97 Å². The van der Waals surface area contributed by atoms with Gasteiger partial charge < -0.3 is 9.47 Å². The number of aryl methyl sites for hydroxylation is 1. The fourth-order valence-electron chi connectivity index (χ4n) is 2.55. The Morgan fingerprint density at radius 2 is 1.81 bits per heavy atom. The first-order chi connectivity index (χ1) is 12.6. The van der Waals surface area contributed by atoms with Crippen LogP contribution in [-0.4, -0.2) is 11.8 Å². The fraction of sp³-hybridized carbons (Fsp3) is 0.238. The number of hydrogen-bond acceptors (Lipinski definition) is 4. The van der Waals surface area contributed by atoms with E-state index in [0.717, 1.165) is 0 Å². The number of ketones is 1. The molecule has 0 bridgehead atoms. The van der Waals surface area contributed by atoms with E-state index >= 15 is 0 Å². The molecule has 0 saturated carbocycles. The second-order valence-corrected chi connectivity index (χ2v) is 8.18. The van der Waals surface area contributed by atoms with Crippen molar-refractivity contribution in [3.05, 3.63) is 62.8 Å². The third-order valence-corrected chi connectivity index (χ3v) is 4.75. The van der Waals surface area contributed by atoms with Crippen molar-refractivity contribution >= 4 is 41.0 Å². The standard InChI is InChI=1S/C21H18Cl2O4/c1-11-7-13(26-20(25)21(2,3)4)10-16-18(11)19(24)17(27-16)9-12-5-6-14(22)15(23)8-12/h5-10H,1-4H3/b17-9-. The third-order valence-electron chi connectivity index (χ3n) is 4.01. The number of halogens is 2. The Morgan fingerprint density at radius 3 is 2.44 bits per heavy atom. The van der Waals surface area contributed by atoms with Gasteiger partial charge in [-0.2, -0.15) is 0 Å². The number of carbonyl (C=O) groups is 2. The molecule has 0 unspecified atom stereocenters. The average molecular weight is 405 g/mol. The van der Waals surface area contributed by atoms with Gasteiger partial charge in [0, 0.05) is 6.07 Å². The lowest BCUT2D eigenvalue weighted by atomic mass is 9.97. The first-order valence-corrected chi connectivity index (χ1v) is 9.08. The van der Waals surface area contributed by atoms with Crippen LogP contribution in [0.2, 0.25) is 10.0 Å². The molecule has 0 aromatic heterocycles. The van der Waals surface area contributed by atoms with E-state index in [-0.39, 0.29) is 17.5 Å². The Morgan fingerprint density at radius 1 is 1.11 bits per heavy atom. The molecule has 1 aliphatic rings. The fourth-order valence-corrected chi connectivity index (χ4v) is 2.86. The van der Waals surface area contributed by atoms with Gasteiger partial charge in [0.15, 0.2) is 5.76 Å². The zero-order chi connectivity index (χ0) is 19.9. The molecular weight excluding hydrogens is 387 g/mol. The normalized spacial score (nSPS) is 14.9. The van der Waals surface area contributed by atoms with Crippen LogP contribution in [0.1, 0.15) is 42.3 Å². The number of ether oxygens (including phenoxy) is 2. The van der Waals surface area contributed by atoms with Gasteiger partial charge in [0.2, 0.25) is 5.78 Å². The summed E-state index contributed by atoms with van der Waals surface area (Å²) in [6.07, 6.45) is 1.60. The van der Waals surface area contributed by atoms with Crippen LogP contribution in [-0.2, 0) is 4.79 Å². The molecule has 4 nitrogen and oxygen atoms in total. The molecule has 0 N–H and O–H groups in total. The molecule has 0 saturated heterocycles. The van der Waals surface area contributed by atoms with Crippen LogP contribution in [0.4, 0.5) is 0 Å². The van der Waals surface area contributed by atoms with Gasteiger partial charge in [0.05, 0.1) is 21.0 Å². The summed E-state index contributed by atoms with van der Waals surface area (Å²) in [6.45, 7) is 7.09. The molecule has 3 rings (SSSR count). The minimum Gasteiger partial charge on any atom is -0.452 e. The van der Waals surface area contributed by atoms with Crippen molar-refractivity contribution in [3.8, 4) is 11.5 Å². The van der Waals surface area contributed by atoms with E-state index in [1.165, 1.54) is 0 Å². The van der Waals surface area contributed by atoms with Crippen molar-refractivity contribution in [1.82, 2.24) is 0 Å². The number of hydrogen-bond donors (Lipinski definition) is 0. The summed E-state index contributed by atoms with van der Waals surface area (Å²) in [4.78, 5) is 24.8. The predicted octanol–water partition coefficient (Wildman–Crippen LogP) is 5.87.